The summed E-state index contributed by atoms with van der Waals surface area (Å²) in [6.07, 6.45) is 4.08. The standard InChI is InChI=1S/C17H16O2/c18-12-6-11-16-9-4-5-10-17(16)14-19-13-15-7-2-1-3-8-15/h1-12H,13-14H2/b11-6+. The minimum Gasteiger partial charge on any atom is -0.372 e. The molecule has 0 fully saturated rings. The zero-order chi connectivity index (χ0) is 13.3. The summed E-state index contributed by atoms with van der Waals surface area (Å²) in [6, 6.07) is 18.0. The van der Waals surface area contributed by atoms with Crippen molar-refractivity contribution in [2.75, 3.05) is 0 Å². The lowest BCUT2D eigenvalue weighted by molar-refractivity contribution is -0.104. The van der Waals surface area contributed by atoms with Crippen LogP contribution < -0.4 is 0 Å². The molecule has 0 bridgehead atoms. The van der Waals surface area contributed by atoms with Crippen LogP contribution in [0.4, 0.5) is 0 Å². The van der Waals surface area contributed by atoms with Gasteiger partial charge in [-0.05, 0) is 22.8 Å². The summed E-state index contributed by atoms with van der Waals surface area (Å²) >= 11 is 0. The molecule has 0 unspecified atom stereocenters. The highest BCUT2D eigenvalue weighted by Crippen LogP contribution is 2.13. The first kappa shape index (κ1) is 13.2. The third-order valence-electron chi connectivity index (χ3n) is 2.78. The summed E-state index contributed by atoms with van der Waals surface area (Å²) in [4.78, 5) is 10.4. The van der Waals surface area contributed by atoms with Gasteiger partial charge in [0, 0.05) is 0 Å². The Bertz CT molecular complexity index is 544. The van der Waals surface area contributed by atoms with E-state index in [0.717, 1.165) is 23.0 Å². The quantitative estimate of drug-likeness (QED) is 0.580. The highest BCUT2D eigenvalue weighted by molar-refractivity contribution is 5.74. The fraction of sp³-hybridized carbons (Fsp3) is 0.118. The van der Waals surface area contributed by atoms with E-state index >= 15 is 0 Å². The van der Waals surface area contributed by atoms with Gasteiger partial charge in [0.05, 0.1) is 13.2 Å². The monoisotopic (exact) mass is 252 g/mol. The Morgan fingerprint density at radius 3 is 2.42 bits per heavy atom. The van der Waals surface area contributed by atoms with Crippen molar-refractivity contribution in [2.24, 2.45) is 0 Å². The molecular weight excluding hydrogens is 236 g/mol. The molecule has 0 aliphatic rings. The molecule has 2 nitrogen and oxygen atoms in total. The van der Waals surface area contributed by atoms with Gasteiger partial charge in [-0.3, -0.25) is 4.79 Å². The maximum atomic E-state index is 10.4. The first-order valence-corrected chi connectivity index (χ1v) is 6.21. The Morgan fingerprint density at radius 1 is 0.895 bits per heavy atom. The van der Waals surface area contributed by atoms with Gasteiger partial charge in [-0.15, -0.1) is 0 Å². The molecule has 2 aromatic carbocycles. The first-order valence-electron chi connectivity index (χ1n) is 6.21. The van der Waals surface area contributed by atoms with Crippen LogP contribution in [0.25, 0.3) is 6.08 Å². The van der Waals surface area contributed by atoms with Crippen molar-refractivity contribution in [2.45, 2.75) is 13.2 Å². The second-order valence-corrected chi connectivity index (χ2v) is 4.17. The maximum Gasteiger partial charge on any atom is 0.142 e. The molecule has 0 aromatic heterocycles. The van der Waals surface area contributed by atoms with Crippen LogP contribution in [0.15, 0.2) is 60.7 Å². The zero-order valence-electron chi connectivity index (χ0n) is 10.7. The summed E-state index contributed by atoms with van der Waals surface area (Å²) in [5, 5.41) is 0. The molecular formula is C17H16O2. The van der Waals surface area contributed by atoms with Gasteiger partial charge in [-0.1, -0.05) is 60.7 Å². The van der Waals surface area contributed by atoms with Crippen molar-refractivity contribution in [3.63, 3.8) is 0 Å². The lowest BCUT2D eigenvalue weighted by atomic mass is 10.1. The van der Waals surface area contributed by atoms with E-state index < -0.39 is 0 Å². The van der Waals surface area contributed by atoms with E-state index in [9.17, 15) is 4.79 Å². The van der Waals surface area contributed by atoms with Crippen molar-refractivity contribution < 1.29 is 9.53 Å². The normalized spacial score (nSPS) is 10.7. The number of carbonyl (C=O) groups is 1. The lowest BCUT2D eigenvalue weighted by Crippen LogP contribution is -1.96. The molecule has 0 N–H and O–H groups in total. The molecule has 0 atom stereocenters. The Hall–Kier alpha value is -2.19. The zero-order valence-corrected chi connectivity index (χ0v) is 10.7. The Labute approximate surface area is 113 Å². The van der Waals surface area contributed by atoms with Gasteiger partial charge in [0.25, 0.3) is 0 Å². The van der Waals surface area contributed by atoms with Crippen molar-refractivity contribution in [3.8, 4) is 0 Å². The minimum absolute atomic E-state index is 0.536. The first-order chi connectivity index (χ1) is 9.40. The second kappa shape index (κ2) is 7.29. The number of allylic oxidation sites excluding steroid dienone is 1. The molecule has 2 heteroatoms. The molecule has 0 amide bonds. The topological polar surface area (TPSA) is 26.3 Å². The molecule has 0 radical (unpaired) electrons. The minimum atomic E-state index is 0.536. The molecule has 2 aromatic rings. The van der Waals surface area contributed by atoms with Crippen LogP contribution >= 0.6 is 0 Å². The van der Waals surface area contributed by atoms with E-state index in [0.29, 0.717) is 13.2 Å². The van der Waals surface area contributed by atoms with E-state index in [1.54, 1.807) is 6.08 Å². The number of hydrogen-bond donors (Lipinski definition) is 0. The summed E-state index contributed by atoms with van der Waals surface area (Å²) in [7, 11) is 0. The van der Waals surface area contributed by atoms with Crippen LogP contribution in [0.5, 0.6) is 0 Å². The number of ether oxygens (including phenoxy) is 1. The Kier molecular flexibility index (Phi) is 5.08. The molecule has 0 heterocycles. The van der Waals surface area contributed by atoms with Gasteiger partial charge in [0.1, 0.15) is 6.29 Å². The van der Waals surface area contributed by atoms with Crippen molar-refractivity contribution >= 4 is 12.4 Å². The highest BCUT2D eigenvalue weighted by atomic mass is 16.5. The lowest BCUT2D eigenvalue weighted by Gasteiger charge is -2.07. The van der Waals surface area contributed by atoms with Crippen molar-refractivity contribution in [1.29, 1.82) is 0 Å². The number of carbonyl (C=O) groups excluding carboxylic acids is 1. The third kappa shape index (κ3) is 4.19. The van der Waals surface area contributed by atoms with Gasteiger partial charge >= 0.3 is 0 Å². The average molecular weight is 252 g/mol. The van der Waals surface area contributed by atoms with Gasteiger partial charge in [-0.25, -0.2) is 0 Å². The Balaban J connectivity index is 1.96. The average Bonchev–Trinajstić information content (AvgIpc) is 2.47. The van der Waals surface area contributed by atoms with E-state index in [1.807, 2.05) is 54.6 Å². The molecule has 0 spiro atoms. The fourth-order valence-electron chi connectivity index (χ4n) is 1.82. The van der Waals surface area contributed by atoms with Crippen molar-refractivity contribution in [1.82, 2.24) is 0 Å². The number of hydrogen-bond acceptors (Lipinski definition) is 2. The summed E-state index contributed by atoms with van der Waals surface area (Å²) in [6.45, 7) is 1.13. The summed E-state index contributed by atoms with van der Waals surface area (Å²) < 4.78 is 5.70. The SMILES string of the molecule is O=C/C=C/c1ccccc1COCc1ccccc1. The fourth-order valence-corrected chi connectivity index (χ4v) is 1.82. The van der Waals surface area contributed by atoms with Gasteiger partial charge in [0.2, 0.25) is 0 Å². The number of aldehydes is 1. The molecule has 2 rings (SSSR count). The summed E-state index contributed by atoms with van der Waals surface area (Å²) in [5.41, 5.74) is 3.25. The van der Waals surface area contributed by atoms with Crippen LogP contribution in [0.2, 0.25) is 0 Å². The van der Waals surface area contributed by atoms with Gasteiger partial charge in [-0.2, -0.15) is 0 Å². The van der Waals surface area contributed by atoms with Crippen LogP contribution in [0.1, 0.15) is 16.7 Å². The number of rotatable bonds is 6. The van der Waals surface area contributed by atoms with E-state index in [-0.39, 0.29) is 0 Å². The Morgan fingerprint density at radius 2 is 1.63 bits per heavy atom. The largest absolute Gasteiger partial charge is 0.372 e. The predicted octanol–water partition coefficient (Wildman–Crippen LogP) is 3.62. The highest BCUT2D eigenvalue weighted by Gasteiger charge is 1.99. The van der Waals surface area contributed by atoms with Crippen LogP contribution in [0.3, 0.4) is 0 Å². The molecule has 0 saturated carbocycles. The molecule has 0 saturated heterocycles. The number of benzene rings is 2. The van der Waals surface area contributed by atoms with E-state index in [1.165, 1.54) is 6.08 Å². The second-order valence-electron chi connectivity index (χ2n) is 4.17. The molecule has 19 heavy (non-hydrogen) atoms. The smallest absolute Gasteiger partial charge is 0.142 e. The van der Waals surface area contributed by atoms with E-state index in [2.05, 4.69) is 0 Å². The predicted molar refractivity (Wildman–Crippen MR) is 76.5 cm³/mol. The van der Waals surface area contributed by atoms with E-state index in [4.69, 9.17) is 4.74 Å². The van der Waals surface area contributed by atoms with Gasteiger partial charge in [0.15, 0.2) is 0 Å². The van der Waals surface area contributed by atoms with Crippen molar-refractivity contribution in [3.05, 3.63) is 77.4 Å². The van der Waals surface area contributed by atoms with Gasteiger partial charge < -0.3 is 4.74 Å². The summed E-state index contributed by atoms with van der Waals surface area (Å²) in [5.74, 6) is 0. The maximum absolute atomic E-state index is 10.4. The molecule has 0 aliphatic heterocycles. The van der Waals surface area contributed by atoms with Crippen LogP contribution in [0, 0.1) is 0 Å². The third-order valence-corrected chi connectivity index (χ3v) is 2.78. The molecule has 0 aliphatic carbocycles. The molecule has 96 valence electrons. The van der Waals surface area contributed by atoms with Crippen LogP contribution in [-0.4, -0.2) is 6.29 Å². The van der Waals surface area contributed by atoms with Crippen LogP contribution in [-0.2, 0) is 22.7 Å².